The zero-order valence-corrected chi connectivity index (χ0v) is 11.6. The molecule has 0 fully saturated rings. The average Bonchev–Trinajstić information content (AvgIpc) is 2.86. The summed E-state index contributed by atoms with van der Waals surface area (Å²) in [7, 11) is 0. The molecule has 4 rings (SSSR count). The number of benzene rings is 2. The van der Waals surface area contributed by atoms with E-state index in [0.717, 1.165) is 27.8 Å². The minimum atomic E-state index is 0.919. The van der Waals surface area contributed by atoms with E-state index in [1.165, 1.54) is 11.1 Å². The van der Waals surface area contributed by atoms with Crippen LogP contribution in [0.4, 0.5) is 11.4 Å². The van der Waals surface area contributed by atoms with Gasteiger partial charge in [0.15, 0.2) is 5.17 Å². The Balaban J connectivity index is 1.74. The van der Waals surface area contributed by atoms with Crippen LogP contribution in [-0.4, -0.2) is 10.2 Å². The van der Waals surface area contributed by atoms with Gasteiger partial charge in [0.2, 0.25) is 0 Å². The lowest BCUT2D eigenvalue weighted by Gasteiger charge is -2.13. The number of fused-ring (bicyclic) bond motifs is 3. The predicted octanol–water partition coefficient (Wildman–Crippen LogP) is 4.51. The highest BCUT2D eigenvalue weighted by Gasteiger charge is 2.17. The molecule has 98 valence electrons. The summed E-state index contributed by atoms with van der Waals surface area (Å²) >= 11 is 1.72. The fraction of sp³-hybridized carbons (Fsp3) is 0.0625. The lowest BCUT2D eigenvalue weighted by atomic mass is 10.2. The van der Waals surface area contributed by atoms with Gasteiger partial charge in [0.05, 0.1) is 11.4 Å². The first-order chi connectivity index (χ1) is 9.90. The van der Waals surface area contributed by atoms with Crippen molar-refractivity contribution in [2.24, 2.45) is 4.99 Å². The number of anilines is 1. The fourth-order valence-corrected chi connectivity index (χ4v) is 3.23. The quantitative estimate of drug-likeness (QED) is 0.688. The third-order valence-electron chi connectivity index (χ3n) is 3.35. The standard InChI is InChI=1S/C16H13N3S/c1-2-6-11(7-3-1)17-16-19-15-12-8-4-5-9-13(12)18-14(15)10-20-16/h1-9,18H,10H2,(H,17,19). The van der Waals surface area contributed by atoms with Crippen LogP contribution in [0.15, 0.2) is 59.6 Å². The first kappa shape index (κ1) is 11.6. The molecule has 0 bridgehead atoms. The van der Waals surface area contributed by atoms with Crippen LogP contribution in [0, 0.1) is 0 Å². The number of hydrogen-bond acceptors (Lipinski definition) is 3. The van der Waals surface area contributed by atoms with Crippen LogP contribution in [0.5, 0.6) is 0 Å². The van der Waals surface area contributed by atoms with Gasteiger partial charge in [-0.25, -0.2) is 4.99 Å². The van der Waals surface area contributed by atoms with Crippen molar-refractivity contribution in [3.63, 3.8) is 0 Å². The molecule has 0 aliphatic carbocycles. The molecule has 0 saturated carbocycles. The Morgan fingerprint density at radius 3 is 2.70 bits per heavy atom. The molecule has 4 heteroatoms. The molecule has 3 aromatic rings. The van der Waals surface area contributed by atoms with Crippen molar-refractivity contribution in [1.82, 2.24) is 4.98 Å². The minimum absolute atomic E-state index is 0.919. The van der Waals surface area contributed by atoms with Crippen LogP contribution >= 0.6 is 11.8 Å². The number of aliphatic imine (C=N–C) groups is 1. The van der Waals surface area contributed by atoms with Crippen molar-refractivity contribution < 1.29 is 0 Å². The van der Waals surface area contributed by atoms with Gasteiger partial charge < -0.3 is 10.3 Å². The van der Waals surface area contributed by atoms with Crippen LogP contribution in [0.2, 0.25) is 0 Å². The second-order valence-corrected chi connectivity index (χ2v) is 5.66. The van der Waals surface area contributed by atoms with Gasteiger partial charge in [0, 0.05) is 22.3 Å². The summed E-state index contributed by atoms with van der Waals surface area (Å²) in [6.45, 7) is 0. The van der Waals surface area contributed by atoms with E-state index < -0.39 is 0 Å². The number of nitrogens with one attached hydrogen (secondary N) is 2. The van der Waals surface area contributed by atoms with Crippen molar-refractivity contribution in [3.8, 4) is 0 Å². The minimum Gasteiger partial charge on any atom is -0.356 e. The number of para-hydroxylation sites is 2. The molecule has 0 unspecified atom stereocenters. The van der Waals surface area contributed by atoms with E-state index in [4.69, 9.17) is 4.99 Å². The number of aromatic amines is 1. The summed E-state index contributed by atoms with van der Waals surface area (Å²) in [4.78, 5) is 8.21. The van der Waals surface area contributed by atoms with E-state index in [1.54, 1.807) is 11.8 Å². The monoisotopic (exact) mass is 279 g/mol. The summed E-state index contributed by atoms with van der Waals surface area (Å²) in [6, 6.07) is 18.5. The first-order valence-electron chi connectivity index (χ1n) is 6.53. The topological polar surface area (TPSA) is 40.2 Å². The molecule has 0 radical (unpaired) electrons. The van der Waals surface area contributed by atoms with E-state index in [9.17, 15) is 0 Å². The van der Waals surface area contributed by atoms with Crippen molar-refractivity contribution in [1.29, 1.82) is 0 Å². The predicted molar refractivity (Wildman–Crippen MR) is 86.8 cm³/mol. The number of aromatic nitrogens is 1. The van der Waals surface area contributed by atoms with Crippen molar-refractivity contribution in [3.05, 3.63) is 60.3 Å². The molecule has 2 heterocycles. The van der Waals surface area contributed by atoms with Gasteiger partial charge in [-0.15, -0.1) is 0 Å². The first-order valence-corrected chi connectivity index (χ1v) is 7.52. The van der Waals surface area contributed by atoms with Gasteiger partial charge in [-0.3, -0.25) is 0 Å². The molecule has 1 aliphatic rings. The maximum absolute atomic E-state index is 4.77. The van der Waals surface area contributed by atoms with Crippen LogP contribution in [0.1, 0.15) is 5.69 Å². The number of hydrogen-bond donors (Lipinski definition) is 2. The number of rotatable bonds is 1. The smallest absolute Gasteiger partial charge is 0.166 e. The van der Waals surface area contributed by atoms with Gasteiger partial charge in [-0.2, -0.15) is 0 Å². The Bertz CT molecular complexity index is 790. The highest BCUT2D eigenvalue weighted by atomic mass is 32.2. The van der Waals surface area contributed by atoms with Crippen molar-refractivity contribution in [2.75, 3.05) is 5.32 Å². The number of thioether (sulfide) groups is 1. The van der Waals surface area contributed by atoms with Crippen LogP contribution in [0.3, 0.4) is 0 Å². The van der Waals surface area contributed by atoms with E-state index in [1.807, 2.05) is 36.4 Å². The third-order valence-corrected chi connectivity index (χ3v) is 4.25. The number of nitrogens with zero attached hydrogens (tertiary/aromatic N) is 1. The Kier molecular flexibility index (Phi) is 2.74. The second-order valence-electron chi connectivity index (χ2n) is 4.69. The Labute approximate surface area is 121 Å². The Morgan fingerprint density at radius 2 is 1.80 bits per heavy atom. The van der Waals surface area contributed by atoms with E-state index in [-0.39, 0.29) is 0 Å². The van der Waals surface area contributed by atoms with Gasteiger partial charge in [0.25, 0.3) is 0 Å². The molecule has 0 saturated heterocycles. The van der Waals surface area contributed by atoms with Crippen LogP contribution in [-0.2, 0) is 5.75 Å². The van der Waals surface area contributed by atoms with E-state index in [0.29, 0.717) is 0 Å². The fourth-order valence-electron chi connectivity index (χ4n) is 2.40. The molecule has 1 aliphatic heterocycles. The van der Waals surface area contributed by atoms with Gasteiger partial charge >= 0.3 is 0 Å². The molecule has 0 spiro atoms. The van der Waals surface area contributed by atoms with Crippen LogP contribution < -0.4 is 5.32 Å². The van der Waals surface area contributed by atoms with E-state index in [2.05, 4.69) is 28.5 Å². The summed E-state index contributed by atoms with van der Waals surface area (Å²) in [6.07, 6.45) is 0. The van der Waals surface area contributed by atoms with Gasteiger partial charge in [-0.05, 0) is 18.2 Å². The molecule has 0 atom stereocenters. The highest BCUT2D eigenvalue weighted by molar-refractivity contribution is 8.13. The highest BCUT2D eigenvalue weighted by Crippen LogP contribution is 2.37. The molecule has 1 aromatic heterocycles. The Hall–Kier alpha value is -2.20. The van der Waals surface area contributed by atoms with E-state index >= 15 is 0 Å². The molecule has 0 amide bonds. The average molecular weight is 279 g/mol. The normalized spacial score (nSPS) is 13.9. The lowest BCUT2D eigenvalue weighted by Crippen LogP contribution is -2.10. The molecular weight excluding hydrogens is 266 g/mol. The zero-order chi connectivity index (χ0) is 13.4. The molecule has 3 nitrogen and oxygen atoms in total. The maximum atomic E-state index is 4.77. The van der Waals surface area contributed by atoms with Crippen molar-refractivity contribution in [2.45, 2.75) is 5.75 Å². The summed E-state index contributed by atoms with van der Waals surface area (Å²) in [5.41, 5.74) is 4.50. The summed E-state index contributed by atoms with van der Waals surface area (Å²) in [5, 5.41) is 5.52. The van der Waals surface area contributed by atoms with Crippen molar-refractivity contribution >= 4 is 39.2 Å². The number of amidine groups is 1. The maximum Gasteiger partial charge on any atom is 0.166 e. The molecule has 20 heavy (non-hydrogen) atoms. The molecule has 2 aromatic carbocycles. The Morgan fingerprint density at radius 1 is 1.00 bits per heavy atom. The SMILES string of the molecule is c1ccc(NC2=Nc3c([nH]c4ccccc34)CS2)cc1. The third kappa shape index (κ3) is 1.98. The summed E-state index contributed by atoms with van der Waals surface area (Å²) in [5.74, 6) is 0.919. The van der Waals surface area contributed by atoms with Crippen LogP contribution in [0.25, 0.3) is 10.9 Å². The second kappa shape index (κ2) is 4.72. The zero-order valence-electron chi connectivity index (χ0n) is 10.8. The molecular formula is C16H13N3S. The van der Waals surface area contributed by atoms with Gasteiger partial charge in [0.1, 0.15) is 0 Å². The summed E-state index contributed by atoms with van der Waals surface area (Å²) < 4.78 is 0. The lowest BCUT2D eigenvalue weighted by molar-refractivity contribution is 1.24. The molecule has 2 N–H and O–H groups in total. The number of H-pyrrole nitrogens is 1. The largest absolute Gasteiger partial charge is 0.356 e. The van der Waals surface area contributed by atoms with Gasteiger partial charge in [-0.1, -0.05) is 48.2 Å².